The van der Waals surface area contributed by atoms with E-state index < -0.39 is 18.2 Å². The van der Waals surface area contributed by atoms with Gasteiger partial charge < -0.3 is 14.9 Å². The Morgan fingerprint density at radius 1 is 1.05 bits per heavy atom. The van der Waals surface area contributed by atoms with Crippen molar-refractivity contribution in [3.63, 3.8) is 0 Å². The molecule has 4 saturated carbocycles. The van der Waals surface area contributed by atoms with Gasteiger partial charge in [0.15, 0.2) is 0 Å². The monoisotopic (exact) mass is 656 g/mol. The number of alkyl halides is 1. The maximum atomic E-state index is 12.7. The van der Waals surface area contributed by atoms with Crippen molar-refractivity contribution < 1.29 is 24.5 Å². The van der Waals surface area contributed by atoms with E-state index in [0.717, 1.165) is 41.3 Å². The molecule has 38 heavy (non-hydrogen) atoms. The molecule has 10 atom stereocenters. The number of carboxylic acid groups (broad SMARTS) is 1. The topological polar surface area (TPSA) is 83.8 Å². The third kappa shape index (κ3) is 4.68. The van der Waals surface area contributed by atoms with Crippen molar-refractivity contribution in [1.82, 2.24) is 0 Å². The molecular weight excluding hydrogens is 612 g/mol. The Bertz CT molecular complexity index is 1050. The van der Waals surface area contributed by atoms with Crippen LogP contribution in [0.5, 0.6) is 0 Å². The summed E-state index contributed by atoms with van der Waals surface area (Å²) >= 11 is 7.54. The highest BCUT2D eigenvalue weighted by atomic mass is 79.9. The van der Waals surface area contributed by atoms with E-state index in [2.05, 4.69) is 59.6 Å². The number of allylic oxidation sites excluding steroid dienone is 2. The van der Waals surface area contributed by atoms with Crippen molar-refractivity contribution in [2.45, 2.75) is 117 Å². The van der Waals surface area contributed by atoms with Crippen molar-refractivity contribution in [2.75, 3.05) is 0 Å². The minimum atomic E-state index is -0.947. The van der Waals surface area contributed by atoms with Gasteiger partial charge in [-0.15, -0.1) is 0 Å². The molecule has 0 aliphatic heterocycles. The number of carboxylic acids is 1. The maximum absolute atomic E-state index is 12.7. The van der Waals surface area contributed by atoms with Crippen LogP contribution in [0.3, 0.4) is 0 Å². The molecule has 214 valence electrons. The minimum absolute atomic E-state index is 0.0252. The first kappa shape index (κ1) is 30.3. The van der Waals surface area contributed by atoms with E-state index in [1.54, 1.807) is 0 Å². The third-order valence-corrected chi connectivity index (χ3v) is 14.2. The molecule has 4 fully saturated rings. The second kappa shape index (κ2) is 10.6. The van der Waals surface area contributed by atoms with Crippen molar-refractivity contribution in [3.05, 3.63) is 21.2 Å². The Kier molecular flexibility index (Phi) is 8.48. The summed E-state index contributed by atoms with van der Waals surface area (Å²) in [7, 11) is 0. The highest BCUT2D eigenvalue weighted by Gasteiger charge is 2.70. The summed E-state index contributed by atoms with van der Waals surface area (Å²) in [6, 6.07) is 0. The minimum Gasteiger partial charge on any atom is -0.478 e. The fourth-order valence-electron chi connectivity index (χ4n) is 9.74. The zero-order valence-electron chi connectivity index (χ0n) is 24.1. The van der Waals surface area contributed by atoms with E-state index in [-0.39, 0.29) is 34.1 Å². The van der Waals surface area contributed by atoms with Gasteiger partial charge >= 0.3 is 11.9 Å². The number of rotatable bonds is 5. The Hall–Kier alpha value is -0.660. The molecule has 0 aromatic heterocycles. The first-order chi connectivity index (χ1) is 17.6. The fourth-order valence-corrected chi connectivity index (χ4v) is 10.5. The number of aliphatic hydroxyl groups excluding tert-OH is 1. The van der Waals surface area contributed by atoms with Gasteiger partial charge in [-0.1, -0.05) is 65.1 Å². The molecule has 0 amide bonds. The molecule has 4 rings (SSSR count). The number of aliphatic carboxylic acids is 1. The largest absolute Gasteiger partial charge is 0.478 e. The molecule has 4 aliphatic rings. The summed E-state index contributed by atoms with van der Waals surface area (Å²) < 4.78 is 6.92. The Labute approximate surface area is 245 Å². The van der Waals surface area contributed by atoms with Crippen LogP contribution in [0.2, 0.25) is 0 Å². The summed E-state index contributed by atoms with van der Waals surface area (Å²) in [5, 5.41) is 22.4. The van der Waals surface area contributed by atoms with Crippen LogP contribution in [0.15, 0.2) is 21.2 Å². The molecule has 0 bridgehead atoms. The molecule has 0 aromatic rings. The lowest BCUT2D eigenvalue weighted by Gasteiger charge is -2.69. The molecule has 0 heterocycles. The van der Waals surface area contributed by atoms with E-state index in [1.807, 2.05) is 13.8 Å². The van der Waals surface area contributed by atoms with Gasteiger partial charge in [-0.3, -0.25) is 4.79 Å². The molecule has 2 N–H and O–H groups in total. The molecule has 1 unspecified atom stereocenters. The Morgan fingerprint density at radius 2 is 1.71 bits per heavy atom. The van der Waals surface area contributed by atoms with Gasteiger partial charge in [0.05, 0.1) is 6.10 Å². The average Bonchev–Trinajstić information content (AvgIpc) is 3.08. The predicted octanol–water partition coefficient (Wildman–Crippen LogP) is 7.79. The zero-order valence-corrected chi connectivity index (χ0v) is 27.2. The van der Waals surface area contributed by atoms with Gasteiger partial charge in [0.25, 0.3) is 0 Å². The smallest absolute Gasteiger partial charge is 0.331 e. The summed E-state index contributed by atoms with van der Waals surface area (Å²) in [5.74, 6) is -0.237. The van der Waals surface area contributed by atoms with Gasteiger partial charge in [0.2, 0.25) is 0 Å². The molecule has 0 saturated heterocycles. The van der Waals surface area contributed by atoms with E-state index in [4.69, 9.17) is 4.74 Å². The number of ether oxygens (including phenoxy) is 1. The summed E-state index contributed by atoms with van der Waals surface area (Å²) in [5.41, 5.74) is 1.77. The van der Waals surface area contributed by atoms with Gasteiger partial charge in [-0.2, -0.15) is 0 Å². The maximum Gasteiger partial charge on any atom is 0.331 e. The summed E-state index contributed by atoms with van der Waals surface area (Å²) in [6.45, 7) is 14.9. The number of hydrogen-bond acceptors (Lipinski definition) is 4. The number of halogens is 2. The average molecular weight is 659 g/mol. The highest BCUT2D eigenvalue weighted by molar-refractivity contribution is 9.11. The van der Waals surface area contributed by atoms with Crippen molar-refractivity contribution in [3.8, 4) is 0 Å². The van der Waals surface area contributed by atoms with Gasteiger partial charge in [-0.05, 0) is 115 Å². The van der Waals surface area contributed by atoms with E-state index >= 15 is 0 Å². The van der Waals surface area contributed by atoms with E-state index in [0.29, 0.717) is 47.9 Å². The standard InChI is InChI=1S/C31H46Br2O5/c1-16(2)22(32)9-8-19(28(36)37)26-21-14-24(35)27-29(5)12-11-23(33)17(3)20(29)10-13-30(27,6)31(21,7)15-25(26)38-18(4)34/h17,20-21,23-25,27,35H,8-15H2,1-7H3,(H,36,37)/b26-19-/t17-,20-,21-,23-,24+,25-,27?,29-,30-,31-/m0/s1. The van der Waals surface area contributed by atoms with Crippen LogP contribution in [-0.2, 0) is 14.3 Å². The SMILES string of the molecule is CC(=O)O[C@H]1C[C@@]2(C)[C@@H](C[C@@H](O)C3[C@]2(C)CC[C@H]2[C@H](C)[C@@H](Br)CC[C@]32C)/C1=C(\CCC(Br)=C(C)C)C(=O)O. The van der Waals surface area contributed by atoms with E-state index in [1.165, 1.54) is 6.92 Å². The normalized spacial score (nSPS) is 45.4. The zero-order chi connectivity index (χ0) is 28.4. The van der Waals surface area contributed by atoms with Gasteiger partial charge in [-0.25, -0.2) is 4.79 Å². The summed E-state index contributed by atoms with van der Waals surface area (Å²) in [4.78, 5) is 25.5. The number of hydrogen-bond donors (Lipinski definition) is 2. The Balaban J connectivity index is 1.83. The lowest BCUT2D eigenvalue weighted by Crippen LogP contribution is -2.65. The van der Waals surface area contributed by atoms with Crippen molar-refractivity contribution in [1.29, 1.82) is 0 Å². The second-order valence-electron chi connectivity index (χ2n) is 13.7. The van der Waals surface area contributed by atoms with Crippen LogP contribution in [0.4, 0.5) is 0 Å². The molecule has 0 aromatic carbocycles. The molecule has 5 nitrogen and oxygen atoms in total. The van der Waals surface area contributed by atoms with Crippen LogP contribution in [0, 0.1) is 39.9 Å². The summed E-state index contributed by atoms with van der Waals surface area (Å²) in [6.07, 6.45) is 5.30. The number of fused-ring (bicyclic) bond motifs is 5. The lowest BCUT2D eigenvalue weighted by atomic mass is 9.36. The van der Waals surface area contributed by atoms with Crippen molar-refractivity contribution >= 4 is 43.8 Å². The highest BCUT2D eigenvalue weighted by Crippen LogP contribution is 2.74. The molecule has 4 aliphatic carbocycles. The van der Waals surface area contributed by atoms with Crippen molar-refractivity contribution in [2.24, 2.45) is 39.9 Å². The van der Waals surface area contributed by atoms with Gasteiger partial charge in [0.1, 0.15) is 6.10 Å². The van der Waals surface area contributed by atoms with Crippen LogP contribution < -0.4 is 0 Å². The van der Waals surface area contributed by atoms with Crippen LogP contribution in [-0.4, -0.2) is 39.2 Å². The Morgan fingerprint density at radius 3 is 2.29 bits per heavy atom. The quantitative estimate of drug-likeness (QED) is 0.179. The molecular formula is C31H46Br2O5. The molecule has 0 spiro atoms. The number of esters is 1. The van der Waals surface area contributed by atoms with Crippen LogP contribution >= 0.6 is 31.9 Å². The number of carbonyl (C=O) groups is 2. The van der Waals surface area contributed by atoms with Gasteiger partial charge in [0, 0.05) is 17.3 Å². The van der Waals surface area contributed by atoms with Crippen LogP contribution in [0.1, 0.15) is 99.8 Å². The second-order valence-corrected chi connectivity index (χ2v) is 15.8. The molecule has 0 radical (unpaired) electrons. The predicted molar refractivity (Wildman–Crippen MR) is 157 cm³/mol. The van der Waals surface area contributed by atoms with E-state index in [9.17, 15) is 19.8 Å². The van der Waals surface area contributed by atoms with Crippen LogP contribution in [0.25, 0.3) is 0 Å². The lowest BCUT2D eigenvalue weighted by molar-refractivity contribution is -0.224. The third-order valence-electron chi connectivity index (χ3n) is 11.7. The first-order valence-electron chi connectivity index (χ1n) is 14.4. The fraction of sp³-hybridized carbons (Fsp3) is 0.806. The first-order valence-corrected chi connectivity index (χ1v) is 16.1. The molecule has 7 heteroatoms. The number of carbonyl (C=O) groups excluding carboxylic acids is 1. The number of aliphatic hydroxyl groups is 1.